The first-order valence-corrected chi connectivity index (χ1v) is 7.97. The minimum absolute atomic E-state index is 0.0553. The quantitative estimate of drug-likeness (QED) is 0.824. The highest BCUT2D eigenvalue weighted by Crippen LogP contribution is 2.21. The predicted octanol–water partition coefficient (Wildman–Crippen LogP) is 3.59. The van der Waals surface area contributed by atoms with Crippen LogP contribution in [0.3, 0.4) is 0 Å². The minimum Gasteiger partial charge on any atom is -0.370 e. The van der Waals surface area contributed by atoms with Crippen molar-refractivity contribution in [2.45, 2.75) is 19.1 Å². The van der Waals surface area contributed by atoms with Gasteiger partial charge in [-0.25, -0.2) is 8.78 Å². The first-order valence-electron chi connectivity index (χ1n) is 7.59. The van der Waals surface area contributed by atoms with Gasteiger partial charge < -0.3 is 9.64 Å². The van der Waals surface area contributed by atoms with Crippen molar-refractivity contribution < 1.29 is 18.3 Å². The normalized spacial score (nSPS) is 14.5. The fourth-order valence-electron chi connectivity index (χ4n) is 2.53. The lowest BCUT2D eigenvalue weighted by molar-refractivity contribution is -0.145. The third kappa shape index (κ3) is 4.10. The van der Waals surface area contributed by atoms with Gasteiger partial charge in [-0.05, 0) is 35.4 Å². The molecule has 0 N–H and O–H groups in total. The Kier molecular flexibility index (Phi) is 5.11. The summed E-state index contributed by atoms with van der Waals surface area (Å²) in [6.45, 7) is 1.26. The second kappa shape index (κ2) is 7.28. The summed E-state index contributed by atoms with van der Waals surface area (Å²) >= 11 is 5.94. The molecule has 1 heterocycles. The number of halogens is 3. The van der Waals surface area contributed by atoms with Gasteiger partial charge in [0, 0.05) is 18.1 Å². The smallest absolute Gasteiger partial charge is 0.227 e. The Balaban J connectivity index is 1.44. The molecule has 0 aliphatic carbocycles. The highest BCUT2D eigenvalue weighted by atomic mass is 35.5. The second-order valence-corrected chi connectivity index (χ2v) is 6.18. The number of carbonyl (C=O) groups is 1. The highest BCUT2D eigenvalue weighted by molar-refractivity contribution is 6.31. The van der Waals surface area contributed by atoms with Crippen molar-refractivity contribution >= 4 is 17.5 Å². The lowest BCUT2D eigenvalue weighted by Crippen LogP contribution is -2.55. The molecule has 3 nitrogen and oxygen atoms in total. The first kappa shape index (κ1) is 16.9. The lowest BCUT2D eigenvalue weighted by atomic mass is 10.1. The number of amides is 1. The molecule has 2 aromatic rings. The fourth-order valence-corrected chi connectivity index (χ4v) is 2.75. The monoisotopic (exact) mass is 351 g/mol. The zero-order valence-corrected chi connectivity index (χ0v) is 13.6. The molecule has 1 aliphatic heterocycles. The maximum absolute atomic E-state index is 13.1. The Morgan fingerprint density at radius 3 is 2.62 bits per heavy atom. The summed E-state index contributed by atoms with van der Waals surface area (Å²) in [5, 5.41) is 0.327. The molecule has 6 heteroatoms. The van der Waals surface area contributed by atoms with E-state index in [-0.39, 0.29) is 36.7 Å². The van der Waals surface area contributed by atoms with Crippen LogP contribution in [-0.4, -0.2) is 30.0 Å². The maximum atomic E-state index is 13.1. The Hall–Kier alpha value is -1.98. The molecule has 3 rings (SSSR count). The Bertz CT molecular complexity index is 748. The number of carbonyl (C=O) groups excluding carboxylic acids is 1. The number of ether oxygens (including phenoxy) is 1. The largest absolute Gasteiger partial charge is 0.370 e. The van der Waals surface area contributed by atoms with Crippen LogP contribution in [0, 0.1) is 11.6 Å². The Labute approximate surface area is 143 Å². The summed E-state index contributed by atoms with van der Waals surface area (Å²) < 4.78 is 31.8. The van der Waals surface area contributed by atoms with Crippen molar-refractivity contribution in [2.75, 3.05) is 13.1 Å². The van der Waals surface area contributed by atoms with Gasteiger partial charge in [-0.1, -0.05) is 29.8 Å². The van der Waals surface area contributed by atoms with Crippen LogP contribution in [0.5, 0.6) is 0 Å². The predicted molar refractivity (Wildman–Crippen MR) is 86.7 cm³/mol. The summed E-state index contributed by atoms with van der Waals surface area (Å²) in [5.74, 6) is -0.789. The average molecular weight is 352 g/mol. The van der Waals surface area contributed by atoms with Gasteiger partial charge in [0.1, 0.15) is 11.6 Å². The number of hydrogen-bond donors (Lipinski definition) is 0. The van der Waals surface area contributed by atoms with E-state index in [0.29, 0.717) is 29.2 Å². The van der Waals surface area contributed by atoms with Gasteiger partial charge in [0.05, 0.1) is 19.1 Å². The molecule has 0 aromatic heterocycles. The Morgan fingerprint density at radius 1 is 1.17 bits per heavy atom. The van der Waals surface area contributed by atoms with Crippen LogP contribution in [0.25, 0.3) is 0 Å². The van der Waals surface area contributed by atoms with E-state index >= 15 is 0 Å². The van der Waals surface area contributed by atoms with Crippen molar-refractivity contribution in [1.82, 2.24) is 4.90 Å². The molecule has 0 unspecified atom stereocenters. The topological polar surface area (TPSA) is 29.5 Å². The summed E-state index contributed by atoms with van der Waals surface area (Å²) in [5.41, 5.74) is 1.37. The van der Waals surface area contributed by atoms with E-state index in [0.717, 1.165) is 0 Å². The van der Waals surface area contributed by atoms with Crippen LogP contribution in [0.2, 0.25) is 5.02 Å². The van der Waals surface area contributed by atoms with Crippen LogP contribution in [0.15, 0.2) is 42.5 Å². The van der Waals surface area contributed by atoms with E-state index in [1.807, 2.05) is 0 Å². The summed E-state index contributed by atoms with van der Waals surface area (Å²) in [6.07, 6.45) is 0.108. The van der Waals surface area contributed by atoms with Gasteiger partial charge >= 0.3 is 0 Å². The SMILES string of the molecule is O=C(Cc1cccc(F)c1)N1CC(OCc2ccc(F)cc2Cl)C1. The van der Waals surface area contributed by atoms with Crippen molar-refractivity contribution in [3.05, 3.63) is 70.2 Å². The van der Waals surface area contributed by atoms with Crippen LogP contribution in [-0.2, 0) is 22.6 Å². The molecule has 0 atom stereocenters. The second-order valence-electron chi connectivity index (χ2n) is 5.77. The number of rotatable bonds is 5. The van der Waals surface area contributed by atoms with Crippen molar-refractivity contribution in [1.29, 1.82) is 0 Å². The fraction of sp³-hybridized carbons (Fsp3) is 0.278. The van der Waals surface area contributed by atoms with Gasteiger partial charge in [0.25, 0.3) is 0 Å². The van der Waals surface area contributed by atoms with E-state index in [9.17, 15) is 13.6 Å². The molecular formula is C18H16ClF2NO2. The molecule has 1 aliphatic rings. The van der Waals surface area contributed by atoms with Crippen LogP contribution in [0.1, 0.15) is 11.1 Å². The van der Waals surface area contributed by atoms with Crippen LogP contribution in [0.4, 0.5) is 8.78 Å². The molecule has 126 valence electrons. The molecule has 1 amide bonds. The lowest BCUT2D eigenvalue weighted by Gasteiger charge is -2.39. The van der Waals surface area contributed by atoms with Gasteiger partial charge in [-0.3, -0.25) is 4.79 Å². The van der Waals surface area contributed by atoms with E-state index in [1.165, 1.54) is 24.3 Å². The zero-order chi connectivity index (χ0) is 17.1. The summed E-state index contributed by atoms with van der Waals surface area (Å²) in [7, 11) is 0. The number of benzene rings is 2. The summed E-state index contributed by atoms with van der Waals surface area (Å²) in [6, 6.07) is 10.2. The van der Waals surface area contributed by atoms with Crippen LogP contribution < -0.4 is 0 Å². The van der Waals surface area contributed by atoms with E-state index in [1.54, 1.807) is 23.1 Å². The van der Waals surface area contributed by atoms with Crippen molar-refractivity contribution in [3.63, 3.8) is 0 Å². The molecule has 0 bridgehead atoms. The number of nitrogens with zero attached hydrogens (tertiary/aromatic N) is 1. The standard InChI is InChI=1S/C18H16ClF2NO2/c19-17-8-15(21)5-4-13(17)11-24-16-9-22(10-16)18(23)7-12-2-1-3-14(20)6-12/h1-6,8,16H,7,9-11H2. The summed E-state index contributed by atoms with van der Waals surface area (Å²) in [4.78, 5) is 13.8. The number of likely N-dealkylation sites (tertiary alicyclic amines) is 1. The highest BCUT2D eigenvalue weighted by Gasteiger charge is 2.31. The molecule has 1 fully saturated rings. The molecule has 0 saturated carbocycles. The number of hydrogen-bond acceptors (Lipinski definition) is 2. The van der Waals surface area contributed by atoms with Gasteiger partial charge in [-0.15, -0.1) is 0 Å². The Morgan fingerprint density at radius 2 is 1.92 bits per heavy atom. The molecule has 24 heavy (non-hydrogen) atoms. The van der Waals surface area contributed by atoms with Crippen molar-refractivity contribution in [2.24, 2.45) is 0 Å². The van der Waals surface area contributed by atoms with E-state index < -0.39 is 0 Å². The average Bonchev–Trinajstić information content (AvgIpc) is 2.47. The molecular weight excluding hydrogens is 336 g/mol. The third-order valence-corrected chi connectivity index (χ3v) is 4.29. The van der Waals surface area contributed by atoms with E-state index in [4.69, 9.17) is 16.3 Å². The van der Waals surface area contributed by atoms with Crippen molar-refractivity contribution in [3.8, 4) is 0 Å². The first-order chi connectivity index (χ1) is 11.5. The zero-order valence-electron chi connectivity index (χ0n) is 12.8. The molecule has 0 spiro atoms. The van der Waals surface area contributed by atoms with Gasteiger partial charge in [-0.2, -0.15) is 0 Å². The molecule has 0 radical (unpaired) electrons. The molecule has 1 saturated heterocycles. The van der Waals surface area contributed by atoms with Gasteiger partial charge in [0.2, 0.25) is 5.91 Å². The molecule has 2 aromatic carbocycles. The van der Waals surface area contributed by atoms with Crippen LogP contribution >= 0.6 is 11.6 Å². The minimum atomic E-state index is -0.387. The third-order valence-electron chi connectivity index (χ3n) is 3.93. The van der Waals surface area contributed by atoms with E-state index in [2.05, 4.69) is 0 Å². The van der Waals surface area contributed by atoms with Gasteiger partial charge in [0.15, 0.2) is 0 Å². The maximum Gasteiger partial charge on any atom is 0.227 e.